The summed E-state index contributed by atoms with van der Waals surface area (Å²) in [5.41, 5.74) is 0.121. The van der Waals surface area contributed by atoms with Crippen LogP contribution in [0, 0.1) is 20.9 Å². The third-order valence-corrected chi connectivity index (χ3v) is 4.34. The lowest BCUT2D eigenvalue weighted by atomic mass is 9.76. The Morgan fingerprint density at radius 3 is 2.09 bits per heavy atom. The average Bonchev–Trinajstić information content (AvgIpc) is 2.45. The molecule has 0 heterocycles. The summed E-state index contributed by atoms with van der Waals surface area (Å²) in [6.45, 7) is 10.8. The van der Waals surface area contributed by atoms with Crippen LogP contribution in [0.4, 0.5) is 5.69 Å². The van der Waals surface area contributed by atoms with Crippen molar-refractivity contribution in [2.75, 3.05) is 0 Å². The van der Waals surface area contributed by atoms with Crippen LogP contribution >= 0.6 is 0 Å². The van der Waals surface area contributed by atoms with Crippen LogP contribution < -0.4 is 4.74 Å². The van der Waals surface area contributed by atoms with E-state index in [1.807, 2.05) is 0 Å². The molecule has 0 spiro atoms. The number of ether oxygens (including phenoxy) is 1. The van der Waals surface area contributed by atoms with Gasteiger partial charge in [-0.15, -0.1) is 0 Å². The van der Waals surface area contributed by atoms with Gasteiger partial charge in [-0.25, -0.2) is 0 Å². The molecule has 0 aliphatic carbocycles. The first kappa shape index (κ1) is 19.1. The topological polar surface area (TPSA) is 69.4 Å². The number of nitro groups is 1. The van der Waals surface area contributed by atoms with Crippen molar-refractivity contribution in [1.29, 1.82) is 0 Å². The molecule has 23 heavy (non-hydrogen) atoms. The van der Waals surface area contributed by atoms with Gasteiger partial charge in [-0.3, -0.25) is 14.9 Å². The van der Waals surface area contributed by atoms with Crippen molar-refractivity contribution in [3.05, 3.63) is 34.4 Å². The molecule has 5 nitrogen and oxygen atoms in total. The number of carbonyl (C=O) groups is 1. The molecule has 5 heteroatoms. The Kier molecular flexibility index (Phi) is 6.30. The molecule has 0 atom stereocenters. The molecule has 128 valence electrons. The molecule has 0 N–H and O–H groups in total. The van der Waals surface area contributed by atoms with Crippen LogP contribution in [0.3, 0.4) is 0 Å². The molecular weight excluding hydrogens is 294 g/mol. The fourth-order valence-electron chi connectivity index (χ4n) is 2.14. The highest BCUT2D eigenvalue weighted by Crippen LogP contribution is 2.35. The number of nitrogens with zero attached hydrogens (tertiary/aromatic N) is 1. The molecule has 0 amide bonds. The maximum atomic E-state index is 12.1. The molecule has 0 aromatic heterocycles. The normalized spacial score (nSPS) is 12.0. The van der Waals surface area contributed by atoms with E-state index in [1.165, 1.54) is 24.3 Å². The van der Waals surface area contributed by atoms with Crippen molar-refractivity contribution in [2.24, 2.45) is 10.8 Å². The lowest BCUT2D eigenvalue weighted by Gasteiger charge is -2.29. The number of nitro benzene ring substituents is 1. The van der Waals surface area contributed by atoms with Crippen LogP contribution in [0.5, 0.6) is 5.75 Å². The third kappa shape index (κ3) is 6.80. The lowest BCUT2D eigenvalue weighted by molar-refractivity contribution is -0.384. The van der Waals surface area contributed by atoms with Gasteiger partial charge in [0.2, 0.25) is 0 Å². The van der Waals surface area contributed by atoms with Crippen molar-refractivity contribution >= 4 is 11.7 Å². The van der Waals surface area contributed by atoms with Gasteiger partial charge in [0.1, 0.15) is 5.75 Å². The van der Waals surface area contributed by atoms with Crippen molar-refractivity contribution in [3.63, 3.8) is 0 Å². The Bertz CT molecular complexity index is 547. The minimum absolute atomic E-state index is 0.0214. The second kappa shape index (κ2) is 7.57. The smallest absolute Gasteiger partial charge is 0.311 e. The van der Waals surface area contributed by atoms with Gasteiger partial charge in [0.05, 0.1) is 11.3 Å². The number of carbonyl (C=O) groups excluding carboxylic acids is 1. The first-order valence-electron chi connectivity index (χ1n) is 8.00. The van der Waals surface area contributed by atoms with Gasteiger partial charge >= 0.3 is 5.97 Å². The first-order valence-corrected chi connectivity index (χ1v) is 8.00. The molecule has 0 aliphatic heterocycles. The Morgan fingerprint density at radius 1 is 1.09 bits per heavy atom. The van der Waals surface area contributed by atoms with E-state index >= 15 is 0 Å². The highest BCUT2D eigenvalue weighted by Gasteiger charge is 2.26. The fourth-order valence-corrected chi connectivity index (χ4v) is 2.14. The molecule has 0 radical (unpaired) electrons. The van der Waals surface area contributed by atoms with Crippen molar-refractivity contribution < 1.29 is 14.5 Å². The predicted molar refractivity (Wildman–Crippen MR) is 90.4 cm³/mol. The summed E-state index contributed by atoms with van der Waals surface area (Å²) in [6, 6.07) is 5.56. The van der Waals surface area contributed by atoms with Gasteiger partial charge < -0.3 is 4.74 Å². The first-order chi connectivity index (χ1) is 10.5. The van der Waals surface area contributed by atoms with E-state index < -0.39 is 4.92 Å². The largest absolute Gasteiger partial charge is 0.427 e. The summed E-state index contributed by atoms with van der Waals surface area (Å²) in [7, 11) is 0. The second-order valence-electron chi connectivity index (χ2n) is 7.58. The quantitative estimate of drug-likeness (QED) is 0.288. The summed E-state index contributed by atoms with van der Waals surface area (Å²) in [4.78, 5) is 22.2. The summed E-state index contributed by atoms with van der Waals surface area (Å²) in [5.74, 6) is 0.0310. The van der Waals surface area contributed by atoms with Crippen LogP contribution in [-0.4, -0.2) is 10.9 Å². The molecular formula is C18H27NO4. The minimum Gasteiger partial charge on any atom is -0.427 e. The summed E-state index contributed by atoms with van der Waals surface area (Å²) < 4.78 is 5.28. The Hall–Kier alpha value is -1.91. The molecule has 1 rings (SSSR count). The van der Waals surface area contributed by atoms with E-state index in [0.29, 0.717) is 12.2 Å². The Labute approximate surface area is 138 Å². The van der Waals surface area contributed by atoms with Crippen LogP contribution in [0.2, 0.25) is 0 Å². The van der Waals surface area contributed by atoms with Crippen molar-refractivity contribution in [1.82, 2.24) is 0 Å². The maximum absolute atomic E-state index is 12.1. The summed E-state index contributed by atoms with van der Waals surface area (Å²) in [6.07, 6.45) is 3.44. The van der Waals surface area contributed by atoms with E-state index in [9.17, 15) is 14.9 Å². The van der Waals surface area contributed by atoms with E-state index in [0.717, 1.165) is 19.3 Å². The van der Waals surface area contributed by atoms with Crippen LogP contribution in [0.25, 0.3) is 0 Å². The Morgan fingerprint density at radius 2 is 1.61 bits per heavy atom. The van der Waals surface area contributed by atoms with Gasteiger partial charge in [-0.1, -0.05) is 41.0 Å². The summed E-state index contributed by atoms with van der Waals surface area (Å²) >= 11 is 0. The molecule has 0 saturated heterocycles. The van der Waals surface area contributed by atoms with E-state index in [-0.39, 0.29) is 22.5 Å². The number of hydrogen-bond donors (Lipinski definition) is 0. The van der Waals surface area contributed by atoms with Crippen molar-refractivity contribution in [3.8, 4) is 5.75 Å². The molecule has 0 saturated carbocycles. The predicted octanol–water partition coefficient (Wildman–Crippen LogP) is 5.13. The van der Waals surface area contributed by atoms with E-state index in [2.05, 4.69) is 34.6 Å². The van der Waals surface area contributed by atoms with Crippen LogP contribution in [0.15, 0.2) is 24.3 Å². The molecule has 0 aliphatic rings. The van der Waals surface area contributed by atoms with Crippen molar-refractivity contribution in [2.45, 2.75) is 60.3 Å². The van der Waals surface area contributed by atoms with Gasteiger partial charge in [-0.2, -0.15) is 0 Å². The molecule has 0 fully saturated rings. The van der Waals surface area contributed by atoms with Crippen LogP contribution in [0.1, 0.15) is 60.3 Å². The second-order valence-corrected chi connectivity index (χ2v) is 7.58. The molecule has 0 unspecified atom stereocenters. The number of hydrogen-bond acceptors (Lipinski definition) is 4. The number of non-ortho nitro benzene ring substituents is 1. The zero-order valence-electron chi connectivity index (χ0n) is 14.7. The lowest BCUT2D eigenvalue weighted by Crippen LogP contribution is -2.23. The van der Waals surface area contributed by atoms with Gasteiger partial charge in [0.25, 0.3) is 5.69 Å². The summed E-state index contributed by atoms with van der Waals surface area (Å²) in [5, 5.41) is 10.6. The van der Waals surface area contributed by atoms with Gasteiger partial charge in [0.15, 0.2) is 0 Å². The highest BCUT2D eigenvalue weighted by atomic mass is 16.6. The zero-order valence-corrected chi connectivity index (χ0v) is 14.7. The number of rotatable bonds is 8. The van der Waals surface area contributed by atoms with Gasteiger partial charge in [0, 0.05) is 12.1 Å². The SMILES string of the molecule is CCC(C)(C)CCC(C)(C)CC(=O)Oc1ccc([N+](=O)[O-])cc1. The minimum atomic E-state index is -0.482. The zero-order chi connectivity index (χ0) is 17.7. The average molecular weight is 321 g/mol. The number of esters is 1. The van der Waals surface area contributed by atoms with Crippen LogP contribution in [-0.2, 0) is 4.79 Å². The molecule has 1 aromatic rings. The van der Waals surface area contributed by atoms with E-state index in [1.54, 1.807) is 0 Å². The Balaban J connectivity index is 2.56. The maximum Gasteiger partial charge on any atom is 0.311 e. The standard InChI is InChI=1S/C18H27NO4/c1-6-17(2,3)11-12-18(4,5)13-16(20)23-15-9-7-14(8-10-15)19(21)22/h7-10H,6,11-13H2,1-5H3. The molecule has 1 aromatic carbocycles. The monoisotopic (exact) mass is 321 g/mol. The third-order valence-electron chi connectivity index (χ3n) is 4.34. The molecule has 0 bridgehead atoms. The van der Waals surface area contributed by atoms with E-state index in [4.69, 9.17) is 4.74 Å². The fraction of sp³-hybridized carbons (Fsp3) is 0.611. The van der Waals surface area contributed by atoms with Gasteiger partial charge in [-0.05, 0) is 35.8 Å². The highest BCUT2D eigenvalue weighted by molar-refractivity contribution is 5.73. The number of benzene rings is 1.